The van der Waals surface area contributed by atoms with Crippen molar-refractivity contribution in [2.24, 2.45) is 0 Å². The van der Waals surface area contributed by atoms with Gasteiger partial charge in [0.05, 0.1) is 0 Å². The second-order valence-corrected chi connectivity index (χ2v) is 5.14. The number of hydrogen-bond donors (Lipinski definition) is 1. The topological polar surface area (TPSA) is 77.8 Å². The van der Waals surface area contributed by atoms with Crippen LogP contribution in [0.25, 0.3) is 22.8 Å². The molecule has 0 bridgehead atoms. The van der Waals surface area contributed by atoms with E-state index in [1.807, 2.05) is 51.1 Å². The zero-order valence-electron chi connectivity index (χ0n) is 12.2. The Morgan fingerprint density at radius 3 is 2.38 bits per heavy atom. The lowest BCUT2D eigenvalue weighted by Crippen LogP contribution is -1.90. The summed E-state index contributed by atoms with van der Waals surface area (Å²) in [5, 5.41) is 4.06. The smallest absolute Gasteiger partial charge is 0.258 e. The molecule has 106 valence electrons. The van der Waals surface area contributed by atoms with E-state index < -0.39 is 0 Å². The minimum atomic E-state index is 0.474. The summed E-state index contributed by atoms with van der Waals surface area (Å²) >= 11 is 0. The fourth-order valence-corrected chi connectivity index (χ4v) is 2.28. The standard InChI is InChI=1S/C16H16N4O/c1-9-4-5-13(17)8-14(9)16-19-15(20-21-16)12-6-10(2)18-11(3)7-12/h4-8H,17H2,1-3H3. The summed E-state index contributed by atoms with van der Waals surface area (Å²) in [4.78, 5) is 8.82. The van der Waals surface area contributed by atoms with Gasteiger partial charge >= 0.3 is 0 Å². The van der Waals surface area contributed by atoms with Crippen LogP contribution in [0.15, 0.2) is 34.9 Å². The second kappa shape index (κ2) is 5.01. The van der Waals surface area contributed by atoms with Crippen LogP contribution in [0.3, 0.4) is 0 Å². The summed E-state index contributed by atoms with van der Waals surface area (Å²) in [7, 11) is 0. The average molecular weight is 280 g/mol. The van der Waals surface area contributed by atoms with Gasteiger partial charge in [-0.05, 0) is 50.6 Å². The van der Waals surface area contributed by atoms with Crippen LogP contribution < -0.4 is 5.73 Å². The van der Waals surface area contributed by atoms with Crippen LogP contribution >= 0.6 is 0 Å². The van der Waals surface area contributed by atoms with Gasteiger partial charge in [0.2, 0.25) is 5.82 Å². The van der Waals surface area contributed by atoms with Gasteiger partial charge in [0, 0.05) is 28.2 Å². The highest BCUT2D eigenvalue weighted by atomic mass is 16.5. The Balaban J connectivity index is 2.05. The van der Waals surface area contributed by atoms with Gasteiger partial charge in [0.25, 0.3) is 5.89 Å². The van der Waals surface area contributed by atoms with Gasteiger partial charge in [-0.2, -0.15) is 4.98 Å². The minimum absolute atomic E-state index is 0.474. The minimum Gasteiger partial charge on any atom is -0.399 e. The van der Waals surface area contributed by atoms with Crippen molar-refractivity contribution in [2.45, 2.75) is 20.8 Å². The summed E-state index contributed by atoms with van der Waals surface area (Å²) in [6.45, 7) is 5.87. The third kappa shape index (κ3) is 2.63. The Hall–Kier alpha value is -2.69. The van der Waals surface area contributed by atoms with Crippen molar-refractivity contribution in [3.8, 4) is 22.8 Å². The van der Waals surface area contributed by atoms with E-state index in [9.17, 15) is 0 Å². The van der Waals surface area contributed by atoms with Crippen molar-refractivity contribution >= 4 is 5.69 Å². The van der Waals surface area contributed by atoms with E-state index in [1.165, 1.54) is 0 Å². The molecule has 0 spiro atoms. The van der Waals surface area contributed by atoms with Crippen LogP contribution in [0.2, 0.25) is 0 Å². The van der Waals surface area contributed by atoms with Crippen molar-refractivity contribution in [3.05, 3.63) is 47.3 Å². The predicted octanol–water partition coefficient (Wildman–Crippen LogP) is 3.31. The largest absolute Gasteiger partial charge is 0.399 e. The van der Waals surface area contributed by atoms with Gasteiger partial charge in [-0.3, -0.25) is 4.98 Å². The van der Waals surface area contributed by atoms with Crippen molar-refractivity contribution in [2.75, 3.05) is 5.73 Å². The normalized spacial score (nSPS) is 10.8. The number of aryl methyl sites for hydroxylation is 3. The van der Waals surface area contributed by atoms with Crippen molar-refractivity contribution in [1.29, 1.82) is 0 Å². The molecule has 21 heavy (non-hydrogen) atoms. The van der Waals surface area contributed by atoms with Crippen LogP contribution in [0.4, 0.5) is 5.69 Å². The maximum Gasteiger partial charge on any atom is 0.258 e. The molecule has 0 saturated carbocycles. The zero-order chi connectivity index (χ0) is 15.0. The van der Waals surface area contributed by atoms with Gasteiger partial charge in [-0.15, -0.1) is 0 Å². The molecule has 2 heterocycles. The van der Waals surface area contributed by atoms with Crippen molar-refractivity contribution in [1.82, 2.24) is 15.1 Å². The maximum absolute atomic E-state index is 5.82. The molecule has 0 radical (unpaired) electrons. The molecule has 3 rings (SSSR count). The van der Waals surface area contributed by atoms with E-state index in [1.54, 1.807) is 0 Å². The highest BCUT2D eigenvalue weighted by molar-refractivity contribution is 5.66. The van der Waals surface area contributed by atoms with Gasteiger partial charge in [0.1, 0.15) is 0 Å². The Morgan fingerprint density at radius 1 is 0.952 bits per heavy atom. The summed E-state index contributed by atoms with van der Waals surface area (Å²) in [5.74, 6) is 1.03. The number of aromatic nitrogens is 3. The molecule has 2 aromatic heterocycles. The molecule has 0 aliphatic carbocycles. The lowest BCUT2D eigenvalue weighted by Gasteiger charge is -2.01. The molecular formula is C16H16N4O. The van der Waals surface area contributed by atoms with Gasteiger partial charge in [-0.25, -0.2) is 0 Å². The monoisotopic (exact) mass is 280 g/mol. The zero-order valence-corrected chi connectivity index (χ0v) is 12.2. The van der Waals surface area contributed by atoms with Crippen LogP contribution in [0.5, 0.6) is 0 Å². The van der Waals surface area contributed by atoms with Crippen LogP contribution in [-0.4, -0.2) is 15.1 Å². The molecule has 5 nitrogen and oxygen atoms in total. The van der Waals surface area contributed by atoms with Crippen LogP contribution in [0, 0.1) is 20.8 Å². The molecule has 3 aromatic rings. The highest BCUT2D eigenvalue weighted by Crippen LogP contribution is 2.26. The lowest BCUT2D eigenvalue weighted by atomic mass is 10.1. The summed E-state index contributed by atoms with van der Waals surface area (Å²) in [5.41, 5.74) is 11.2. The Morgan fingerprint density at radius 2 is 1.67 bits per heavy atom. The third-order valence-electron chi connectivity index (χ3n) is 3.26. The molecule has 0 aliphatic heterocycles. The second-order valence-electron chi connectivity index (χ2n) is 5.14. The van der Waals surface area contributed by atoms with Crippen molar-refractivity contribution in [3.63, 3.8) is 0 Å². The Bertz CT molecular complexity index is 788. The number of anilines is 1. The molecule has 0 fully saturated rings. The van der Waals surface area contributed by atoms with E-state index >= 15 is 0 Å². The molecule has 0 unspecified atom stereocenters. The van der Waals surface area contributed by atoms with Gasteiger partial charge in [-0.1, -0.05) is 11.2 Å². The van der Waals surface area contributed by atoms with Gasteiger partial charge < -0.3 is 10.3 Å². The third-order valence-corrected chi connectivity index (χ3v) is 3.26. The number of nitrogens with zero attached hydrogens (tertiary/aromatic N) is 3. The molecule has 0 aliphatic rings. The first kappa shape index (κ1) is 13.3. The molecule has 1 aromatic carbocycles. The van der Waals surface area contributed by atoms with E-state index in [-0.39, 0.29) is 0 Å². The van der Waals surface area contributed by atoms with E-state index in [2.05, 4.69) is 15.1 Å². The fraction of sp³-hybridized carbons (Fsp3) is 0.188. The molecular weight excluding hydrogens is 264 g/mol. The number of rotatable bonds is 2. The summed E-state index contributed by atoms with van der Waals surface area (Å²) in [6.07, 6.45) is 0. The SMILES string of the molecule is Cc1cc(-c2noc(-c3cc(N)ccc3C)n2)cc(C)n1. The summed E-state index contributed by atoms with van der Waals surface area (Å²) in [6, 6.07) is 9.51. The highest BCUT2D eigenvalue weighted by Gasteiger charge is 2.13. The molecule has 2 N–H and O–H groups in total. The number of pyridine rings is 1. The predicted molar refractivity (Wildman–Crippen MR) is 81.6 cm³/mol. The lowest BCUT2D eigenvalue weighted by molar-refractivity contribution is 0.432. The van der Waals surface area contributed by atoms with Crippen molar-refractivity contribution < 1.29 is 4.52 Å². The molecule has 0 amide bonds. The van der Waals surface area contributed by atoms with E-state index in [4.69, 9.17) is 10.3 Å². The fourth-order valence-electron chi connectivity index (χ4n) is 2.28. The quantitative estimate of drug-likeness (QED) is 0.729. The molecule has 0 saturated heterocycles. The maximum atomic E-state index is 5.82. The summed E-state index contributed by atoms with van der Waals surface area (Å²) < 4.78 is 5.38. The Labute approximate surface area is 122 Å². The first-order valence-corrected chi connectivity index (χ1v) is 6.69. The molecule has 0 atom stereocenters. The molecule has 5 heteroatoms. The Kier molecular flexibility index (Phi) is 3.17. The van der Waals surface area contributed by atoms with Gasteiger partial charge in [0.15, 0.2) is 0 Å². The average Bonchev–Trinajstić information content (AvgIpc) is 2.90. The first-order chi connectivity index (χ1) is 10.0. The number of hydrogen-bond acceptors (Lipinski definition) is 5. The van der Waals surface area contributed by atoms with E-state index in [0.29, 0.717) is 17.4 Å². The number of benzene rings is 1. The number of nitrogens with two attached hydrogens (primary N) is 1. The van der Waals surface area contributed by atoms with Crippen LogP contribution in [-0.2, 0) is 0 Å². The van der Waals surface area contributed by atoms with Crippen LogP contribution in [0.1, 0.15) is 17.0 Å². The van der Waals surface area contributed by atoms with E-state index in [0.717, 1.165) is 28.1 Å². The first-order valence-electron chi connectivity index (χ1n) is 6.69. The number of nitrogen functional groups attached to an aromatic ring is 1.